The van der Waals surface area contributed by atoms with Crippen molar-refractivity contribution in [3.63, 3.8) is 0 Å². The Bertz CT molecular complexity index is 673. The first-order chi connectivity index (χ1) is 10.8. The minimum absolute atomic E-state index is 0.00413. The lowest BCUT2D eigenvalue weighted by molar-refractivity contribution is 0.0934. The summed E-state index contributed by atoms with van der Waals surface area (Å²) in [4.78, 5) is 12.4. The minimum Gasteiger partial charge on any atom is -0.350 e. The van der Waals surface area contributed by atoms with Gasteiger partial charge in [0, 0.05) is 11.6 Å². The molecule has 122 valence electrons. The molecule has 0 saturated carbocycles. The fourth-order valence-corrected chi connectivity index (χ4v) is 3.01. The van der Waals surface area contributed by atoms with Gasteiger partial charge in [-0.05, 0) is 61.4 Å². The molecule has 1 N–H and O–H groups in total. The second kappa shape index (κ2) is 6.99. The molecule has 0 aliphatic carbocycles. The Morgan fingerprint density at radius 2 is 1.70 bits per heavy atom. The molecular weight excluding hydrogens is 282 g/mol. The topological polar surface area (TPSA) is 29.1 Å². The van der Waals surface area contributed by atoms with E-state index in [0.717, 1.165) is 17.5 Å². The molecule has 0 aliphatic heterocycles. The van der Waals surface area contributed by atoms with E-state index in [-0.39, 0.29) is 17.4 Å². The molecular formula is C21H27NO. The van der Waals surface area contributed by atoms with Crippen LogP contribution in [0.25, 0.3) is 0 Å². The Morgan fingerprint density at radius 1 is 1.04 bits per heavy atom. The van der Waals surface area contributed by atoms with Gasteiger partial charge in [0.05, 0.1) is 0 Å². The van der Waals surface area contributed by atoms with Crippen molar-refractivity contribution < 1.29 is 4.79 Å². The number of hydrogen-bond acceptors (Lipinski definition) is 1. The third kappa shape index (κ3) is 4.44. The molecule has 2 aromatic rings. The van der Waals surface area contributed by atoms with Crippen molar-refractivity contribution in [3.8, 4) is 0 Å². The average molecular weight is 309 g/mol. The van der Waals surface area contributed by atoms with Crippen LogP contribution < -0.4 is 5.32 Å². The molecule has 1 atom stereocenters. The van der Waals surface area contributed by atoms with Gasteiger partial charge in [-0.2, -0.15) is 0 Å². The second-order valence-electron chi connectivity index (χ2n) is 7.13. The number of rotatable bonds is 5. The molecule has 0 spiro atoms. The largest absolute Gasteiger partial charge is 0.350 e. The Labute approximate surface area is 139 Å². The molecule has 2 aromatic carbocycles. The lowest BCUT2D eigenvalue weighted by atomic mass is 9.79. The van der Waals surface area contributed by atoms with E-state index in [2.05, 4.69) is 57.3 Å². The third-order valence-electron chi connectivity index (χ3n) is 4.52. The smallest absolute Gasteiger partial charge is 0.251 e. The first-order valence-electron chi connectivity index (χ1n) is 8.23. The van der Waals surface area contributed by atoms with Crippen LogP contribution in [0.1, 0.15) is 54.2 Å². The number of hydrogen-bond donors (Lipinski definition) is 1. The molecule has 2 nitrogen and oxygen atoms in total. The van der Waals surface area contributed by atoms with E-state index in [4.69, 9.17) is 0 Å². The number of carbonyl (C=O) groups excluding carboxylic acids is 1. The molecule has 2 rings (SSSR count). The Balaban J connectivity index is 2.02. The van der Waals surface area contributed by atoms with E-state index >= 15 is 0 Å². The van der Waals surface area contributed by atoms with Crippen molar-refractivity contribution in [1.82, 2.24) is 5.32 Å². The fraction of sp³-hybridized carbons (Fsp3) is 0.381. The van der Waals surface area contributed by atoms with Gasteiger partial charge in [0.1, 0.15) is 0 Å². The maximum Gasteiger partial charge on any atom is 0.251 e. The maximum atomic E-state index is 12.4. The summed E-state index contributed by atoms with van der Waals surface area (Å²) >= 11 is 0. The average Bonchev–Trinajstić information content (AvgIpc) is 2.50. The van der Waals surface area contributed by atoms with Crippen LogP contribution in [0.4, 0.5) is 0 Å². The van der Waals surface area contributed by atoms with E-state index in [1.807, 2.05) is 31.2 Å². The summed E-state index contributed by atoms with van der Waals surface area (Å²) in [6.45, 7) is 10.6. The van der Waals surface area contributed by atoms with Gasteiger partial charge in [0.2, 0.25) is 0 Å². The number of nitrogens with one attached hydrogen (secondary N) is 1. The van der Waals surface area contributed by atoms with Crippen molar-refractivity contribution in [2.45, 2.75) is 52.5 Å². The summed E-state index contributed by atoms with van der Waals surface area (Å²) in [5.41, 5.74) is 4.41. The van der Waals surface area contributed by atoms with Crippen LogP contribution in [-0.4, -0.2) is 11.9 Å². The first kappa shape index (κ1) is 17.3. The highest BCUT2D eigenvalue weighted by atomic mass is 16.1. The molecule has 0 aliphatic rings. The fourth-order valence-electron chi connectivity index (χ4n) is 3.01. The van der Waals surface area contributed by atoms with Gasteiger partial charge in [-0.15, -0.1) is 0 Å². The lowest BCUT2D eigenvalue weighted by Gasteiger charge is -2.29. The Kier molecular flexibility index (Phi) is 5.25. The van der Waals surface area contributed by atoms with Crippen molar-refractivity contribution in [2.24, 2.45) is 0 Å². The zero-order chi connectivity index (χ0) is 17.0. The minimum atomic E-state index is 0.00413. The molecule has 1 amide bonds. The molecule has 0 aromatic heterocycles. The summed E-state index contributed by atoms with van der Waals surface area (Å²) in [6.07, 6.45) is 0.896. The summed E-state index contributed by atoms with van der Waals surface area (Å²) in [7, 11) is 0. The van der Waals surface area contributed by atoms with Gasteiger partial charge < -0.3 is 5.32 Å². The SMILES string of the molecule is Cc1ccc(C(=O)NC(C)CC(C)(C)c2ccccc2)cc1C. The van der Waals surface area contributed by atoms with E-state index in [9.17, 15) is 4.79 Å². The van der Waals surface area contributed by atoms with E-state index in [1.54, 1.807) is 0 Å². The summed E-state index contributed by atoms with van der Waals surface area (Å²) in [5.74, 6) is 0.00413. The van der Waals surface area contributed by atoms with Crippen LogP contribution in [0.2, 0.25) is 0 Å². The summed E-state index contributed by atoms with van der Waals surface area (Å²) in [5, 5.41) is 3.13. The highest BCUT2D eigenvalue weighted by molar-refractivity contribution is 5.94. The normalized spacial score (nSPS) is 12.7. The summed E-state index contributed by atoms with van der Waals surface area (Å²) in [6, 6.07) is 16.4. The number of carbonyl (C=O) groups is 1. The van der Waals surface area contributed by atoms with Crippen molar-refractivity contribution in [2.75, 3.05) is 0 Å². The molecule has 0 bridgehead atoms. The molecule has 23 heavy (non-hydrogen) atoms. The summed E-state index contributed by atoms with van der Waals surface area (Å²) < 4.78 is 0. The zero-order valence-electron chi connectivity index (χ0n) is 14.8. The van der Waals surface area contributed by atoms with Crippen LogP contribution in [0.3, 0.4) is 0 Å². The van der Waals surface area contributed by atoms with E-state index < -0.39 is 0 Å². The predicted molar refractivity (Wildman–Crippen MR) is 96.9 cm³/mol. The third-order valence-corrected chi connectivity index (χ3v) is 4.52. The first-order valence-corrected chi connectivity index (χ1v) is 8.23. The second-order valence-corrected chi connectivity index (χ2v) is 7.13. The standard InChI is InChI=1S/C21H27NO/c1-15-11-12-18(13-16(15)2)20(23)22-17(3)14-21(4,5)19-9-7-6-8-10-19/h6-13,17H,14H2,1-5H3,(H,22,23). The van der Waals surface area contributed by atoms with Crippen LogP contribution in [0.15, 0.2) is 48.5 Å². The van der Waals surface area contributed by atoms with Crippen molar-refractivity contribution in [3.05, 3.63) is 70.8 Å². The number of aryl methyl sites for hydroxylation is 2. The highest BCUT2D eigenvalue weighted by Crippen LogP contribution is 2.28. The van der Waals surface area contributed by atoms with Crippen molar-refractivity contribution >= 4 is 5.91 Å². The number of benzene rings is 2. The van der Waals surface area contributed by atoms with Crippen LogP contribution >= 0.6 is 0 Å². The molecule has 1 unspecified atom stereocenters. The zero-order valence-corrected chi connectivity index (χ0v) is 14.8. The van der Waals surface area contributed by atoms with Crippen LogP contribution in [0.5, 0.6) is 0 Å². The van der Waals surface area contributed by atoms with Crippen LogP contribution in [-0.2, 0) is 5.41 Å². The molecule has 0 saturated heterocycles. The van der Waals surface area contributed by atoms with E-state index in [1.165, 1.54) is 11.1 Å². The Hall–Kier alpha value is -2.09. The van der Waals surface area contributed by atoms with Gasteiger partial charge >= 0.3 is 0 Å². The molecule has 2 heteroatoms. The van der Waals surface area contributed by atoms with Gasteiger partial charge in [-0.25, -0.2) is 0 Å². The highest BCUT2D eigenvalue weighted by Gasteiger charge is 2.24. The Morgan fingerprint density at radius 3 is 2.30 bits per heavy atom. The maximum absolute atomic E-state index is 12.4. The van der Waals surface area contributed by atoms with Gasteiger partial charge in [0.15, 0.2) is 0 Å². The van der Waals surface area contributed by atoms with Gasteiger partial charge in [-0.1, -0.05) is 50.2 Å². The number of amides is 1. The monoisotopic (exact) mass is 309 g/mol. The molecule has 0 fully saturated rings. The van der Waals surface area contributed by atoms with E-state index in [0.29, 0.717) is 0 Å². The van der Waals surface area contributed by atoms with Gasteiger partial charge in [-0.3, -0.25) is 4.79 Å². The van der Waals surface area contributed by atoms with Crippen LogP contribution in [0, 0.1) is 13.8 Å². The van der Waals surface area contributed by atoms with Gasteiger partial charge in [0.25, 0.3) is 5.91 Å². The van der Waals surface area contributed by atoms with Crippen molar-refractivity contribution in [1.29, 1.82) is 0 Å². The predicted octanol–water partition coefficient (Wildman–Crippen LogP) is 4.79. The lowest BCUT2D eigenvalue weighted by Crippen LogP contribution is -2.37. The molecule has 0 radical (unpaired) electrons. The quantitative estimate of drug-likeness (QED) is 0.845. The molecule has 0 heterocycles.